The van der Waals surface area contributed by atoms with Gasteiger partial charge in [-0.15, -0.1) is 0 Å². The third-order valence-corrected chi connectivity index (χ3v) is 3.28. The zero-order valence-electron chi connectivity index (χ0n) is 10.9. The molecular weight excluding hydrogens is 228 g/mol. The highest BCUT2D eigenvalue weighted by atomic mass is 16.1. The molecule has 0 saturated carbocycles. The summed E-state index contributed by atoms with van der Waals surface area (Å²) in [5, 5.41) is 2.97. The van der Waals surface area contributed by atoms with Gasteiger partial charge in [-0.2, -0.15) is 0 Å². The normalized spacial score (nSPS) is 20.0. The van der Waals surface area contributed by atoms with E-state index in [1.54, 1.807) is 12.1 Å². The molecule has 1 atom stereocenters. The molecule has 98 valence electrons. The number of nitrogens with two attached hydrogens (primary N) is 1. The van der Waals surface area contributed by atoms with Crippen molar-refractivity contribution in [1.29, 1.82) is 0 Å². The number of nitrogens with zero attached hydrogens (tertiary/aromatic N) is 2. The molecule has 1 aliphatic rings. The number of carbonyl (C=O) groups excluding carboxylic acids is 1. The van der Waals surface area contributed by atoms with Crippen LogP contribution >= 0.6 is 0 Å². The highest BCUT2D eigenvalue weighted by Gasteiger charge is 2.20. The number of carbonyl (C=O) groups is 1. The van der Waals surface area contributed by atoms with Gasteiger partial charge in [0.05, 0.1) is 0 Å². The summed E-state index contributed by atoms with van der Waals surface area (Å²) in [6.07, 6.45) is 1.15. The molecule has 1 aliphatic heterocycles. The second-order valence-electron chi connectivity index (χ2n) is 5.05. The Kier molecular flexibility index (Phi) is 3.81. The summed E-state index contributed by atoms with van der Waals surface area (Å²) in [6, 6.07) is 3.37. The van der Waals surface area contributed by atoms with E-state index in [4.69, 9.17) is 5.73 Å². The summed E-state index contributed by atoms with van der Waals surface area (Å²) >= 11 is 0. The predicted octanol–water partition coefficient (Wildman–Crippen LogP) is 0.654. The maximum absolute atomic E-state index is 12.0. The quantitative estimate of drug-likeness (QED) is 0.824. The lowest BCUT2D eigenvalue weighted by molar-refractivity contribution is 0.0947. The zero-order chi connectivity index (χ0) is 13.1. The number of hydrogen-bond acceptors (Lipinski definition) is 4. The van der Waals surface area contributed by atoms with Gasteiger partial charge in [0.1, 0.15) is 5.82 Å². The first-order valence-corrected chi connectivity index (χ1v) is 6.25. The number of likely N-dealkylation sites (tertiary alicyclic amines) is 1. The minimum Gasteiger partial charge on any atom is -0.384 e. The second kappa shape index (κ2) is 5.35. The molecular formula is C13H20N4O. The Morgan fingerprint density at radius 3 is 3.00 bits per heavy atom. The van der Waals surface area contributed by atoms with Gasteiger partial charge >= 0.3 is 0 Å². The number of nitrogen functional groups attached to an aromatic ring is 1. The lowest BCUT2D eigenvalue weighted by Gasteiger charge is -2.12. The van der Waals surface area contributed by atoms with Crippen molar-refractivity contribution in [3.63, 3.8) is 0 Å². The van der Waals surface area contributed by atoms with E-state index in [1.807, 2.05) is 6.92 Å². The second-order valence-corrected chi connectivity index (χ2v) is 5.05. The van der Waals surface area contributed by atoms with Gasteiger partial charge in [0, 0.05) is 24.3 Å². The molecule has 0 aromatic carbocycles. The van der Waals surface area contributed by atoms with Crippen LogP contribution in [0.2, 0.25) is 0 Å². The van der Waals surface area contributed by atoms with E-state index in [-0.39, 0.29) is 5.91 Å². The van der Waals surface area contributed by atoms with Gasteiger partial charge in [0.2, 0.25) is 0 Å². The first-order valence-electron chi connectivity index (χ1n) is 6.25. The summed E-state index contributed by atoms with van der Waals surface area (Å²) in [7, 11) is 2.11. The largest absolute Gasteiger partial charge is 0.384 e. The van der Waals surface area contributed by atoms with Crippen molar-refractivity contribution < 1.29 is 4.79 Å². The lowest BCUT2D eigenvalue weighted by atomic mass is 10.1. The van der Waals surface area contributed by atoms with Crippen LogP contribution in [-0.4, -0.2) is 42.5 Å². The monoisotopic (exact) mass is 248 g/mol. The number of anilines is 1. The Balaban J connectivity index is 1.91. The highest BCUT2D eigenvalue weighted by Crippen LogP contribution is 2.13. The van der Waals surface area contributed by atoms with Crippen molar-refractivity contribution in [2.75, 3.05) is 32.4 Å². The Morgan fingerprint density at radius 2 is 2.39 bits per heavy atom. The Bertz CT molecular complexity index is 426. The third-order valence-electron chi connectivity index (χ3n) is 3.28. The Labute approximate surface area is 107 Å². The molecule has 1 amide bonds. The molecule has 1 aromatic rings. The van der Waals surface area contributed by atoms with Crippen molar-refractivity contribution in [2.24, 2.45) is 5.92 Å². The van der Waals surface area contributed by atoms with E-state index < -0.39 is 0 Å². The summed E-state index contributed by atoms with van der Waals surface area (Å²) in [5.74, 6) is 0.877. The van der Waals surface area contributed by atoms with Gasteiger partial charge in [-0.25, -0.2) is 4.98 Å². The molecule has 1 saturated heterocycles. The molecule has 2 heterocycles. The van der Waals surface area contributed by atoms with Gasteiger partial charge in [0.25, 0.3) is 5.91 Å². The molecule has 2 rings (SSSR count). The lowest BCUT2D eigenvalue weighted by Crippen LogP contribution is -2.30. The van der Waals surface area contributed by atoms with E-state index in [1.165, 1.54) is 0 Å². The number of hydrogen-bond donors (Lipinski definition) is 2. The van der Waals surface area contributed by atoms with Crippen LogP contribution in [-0.2, 0) is 0 Å². The van der Waals surface area contributed by atoms with Crippen molar-refractivity contribution in [3.05, 3.63) is 23.4 Å². The van der Waals surface area contributed by atoms with Crippen LogP contribution in [0.3, 0.4) is 0 Å². The SMILES string of the molecule is Cc1cc(C(=O)NCC2CCN(C)C2)cc(N)n1. The molecule has 0 spiro atoms. The fourth-order valence-corrected chi connectivity index (χ4v) is 2.36. The standard InChI is InChI=1S/C13H20N4O/c1-9-5-11(6-12(14)16-9)13(18)15-7-10-3-4-17(2)8-10/h5-6,10H,3-4,7-8H2,1-2H3,(H2,14,16)(H,15,18). The summed E-state index contributed by atoms with van der Waals surface area (Å²) in [6.45, 7) is 4.73. The predicted molar refractivity (Wildman–Crippen MR) is 71.3 cm³/mol. The molecule has 3 N–H and O–H groups in total. The fraction of sp³-hybridized carbons (Fsp3) is 0.538. The minimum atomic E-state index is -0.0678. The van der Waals surface area contributed by atoms with Gasteiger partial charge in [-0.05, 0) is 45.0 Å². The summed E-state index contributed by atoms with van der Waals surface area (Å²) in [4.78, 5) is 18.3. The average Bonchev–Trinajstić information content (AvgIpc) is 2.70. The van der Waals surface area contributed by atoms with Gasteiger partial charge < -0.3 is 16.0 Å². The van der Waals surface area contributed by atoms with E-state index in [9.17, 15) is 4.79 Å². The fourth-order valence-electron chi connectivity index (χ4n) is 2.36. The van der Waals surface area contributed by atoms with Crippen LogP contribution in [0.25, 0.3) is 0 Å². The minimum absolute atomic E-state index is 0.0678. The van der Waals surface area contributed by atoms with Crippen LogP contribution in [0.5, 0.6) is 0 Å². The van der Waals surface area contributed by atoms with E-state index in [0.717, 1.165) is 31.7 Å². The third kappa shape index (κ3) is 3.20. The Hall–Kier alpha value is -1.62. The maximum atomic E-state index is 12.0. The molecule has 5 nitrogen and oxygen atoms in total. The smallest absolute Gasteiger partial charge is 0.251 e. The van der Waals surface area contributed by atoms with Gasteiger partial charge in [0.15, 0.2) is 0 Å². The van der Waals surface area contributed by atoms with E-state index >= 15 is 0 Å². The first kappa shape index (κ1) is 12.8. The van der Waals surface area contributed by atoms with Crippen molar-refractivity contribution in [3.8, 4) is 0 Å². The number of aryl methyl sites for hydroxylation is 1. The van der Waals surface area contributed by atoms with Crippen LogP contribution in [0.15, 0.2) is 12.1 Å². The van der Waals surface area contributed by atoms with Crippen molar-refractivity contribution in [1.82, 2.24) is 15.2 Å². The number of aromatic nitrogens is 1. The number of amides is 1. The van der Waals surface area contributed by atoms with Crippen LogP contribution in [0.4, 0.5) is 5.82 Å². The van der Waals surface area contributed by atoms with E-state index in [0.29, 0.717) is 17.3 Å². The highest BCUT2D eigenvalue weighted by molar-refractivity contribution is 5.94. The van der Waals surface area contributed by atoms with Gasteiger partial charge in [-0.1, -0.05) is 0 Å². The van der Waals surface area contributed by atoms with Crippen molar-refractivity contribution >= 4 is 11.7 Å². The molecule has 18 heavy (non-hydrogen) atoms. The first-order chi connectivity index (χ1) is 8.54. The summed E-state index contributed by atoms with van der Waals surface area (Å²) < 4.78 is 0. The average molecular weight is 248 g/mol. The summed E-state index contributed by atoms with van der Waals surface area (Å²) in [5.41, 5.74) is 6.99. The molecule has 1 aromatic heterocycles. The molecule has 0 aliphatic carbocycles. The van der Waals surface area contributed by atoms with E-state index in [2.05, 4.69) is 22.2 Å². The van der Waals surface area contributed by atoms with Crippen LogP contribution in [0.1, 0.15) is 22.5 Å². The van der Waals surface area contributed by atoms with Crippen LogP contribution < -0.4 is 11.1 Å². The zero-order valence-corrected chi connectivity index (χ0v) is 10.9. The topological polar surface area (TPSA) is 71.2 Å². The number of rotatable bonds is 3. The molecule has 1 unspecified atom stereocenters. The van der Waals surface area contributed by atoms with Crippen molar-refractivity contribution in [2.45, 2.75) is 13.3 Å². The number of pyridine rings is 1. The van der Waals surface area contributed by atoms with Gasteiger partial charge in [-0.3, -0.25) is 4.79 Å². The molecule has 0 radical (unpaired) electrons. The maximum Gasteiger partial charge on any atom is 0.251 e. The molecule has 5 heteroatoms. The van der Waals surface area contributed by atoms with Crippen LogP contribution in [0, 0.1) is 12.8 Å². The Morgan fingerprint density at radius 1 is 1.61 bits per heavy atom. The number of nitrogens with one attached hydrogen (secondary N) is 1. The molecule has 1 fully saturated rings. The molecule has 0 bridgehead atoms.